The Labute approximate surface area is 132 Å². The van der Waals surface area contributed by atoms with Gasteiger partial charge in [0.2, 0.25) is 0 Å². The first-order valence-corrected chi connectivity index (χ1v) is 7.29. The Morgan fingerprint density at radius 1 is 1.00 bits per heavy atom. The van der Waals surface area contributed by atoms with Crippen molar-refractivity contribution in [3.8, 4) is 0 Å². The van der Waals surface area contributed by atoms with Crippen molar-refractivity contribution in [1.29, 1.82) is 0 Å². The van der Waals surface area contributed by atoms with Crippen LogP contribution in [0, 0.1) is 10.1 Å². The summed E-state index contributed by atoms with van der Waals surface area (Å²) in [4.78, 5) is 14.9. The Morgan fingerprint density at radius 3 is 2.22 bits per heavy atom. The molecule has 7 nitrogen and oxygen atoms in total. The summed E-state index contributed by atoms with van der Waals surface area (Å²) in [6, 6.07) is 10.3. The second-order valence-electron chi connectivity index (χ2n) is 5.87. The minimum absolute atomic E-state index is 0.102. The summed E-state index contributed by atoms with van der Waals surface area (Å²) in [6.45, 7) is 1.96. The smallest absolute Gasteiger partial charge is 0.423 e. The summed E-state index contributed by atoms with van der Waals surface area (Å²) in [5.74, 6) is 0. The maximum atomic E-state index is 11.0. The molecule has 0 atom stereocenters. The standard InChI is InChI=1S/C15H14BN3O4/c20-16(21)12-1-3-14-10(5-12)7-17-9-18(14)8-11-6-13(19(22)23)2-4-15(11)17/h1-6,20-21H,7-9H2. The van der Waals surface area contributed by atoms with E-state index in [1.807, 2.05) is 6.07 Å². The number of rotatable bonds is 2. The summed E-state index contributed by atoms with van der Waals surface area (Å²) < 4.78 is 0. The van der Waals surface area contributed by atoms with E-state index in [2.05, 4.69) is 9.80 Å². The Bertz CT molecular complexity index is 811. The van der Waals surface area contributed by atoms with Crippen LogP contribution in [0.25, 0.3) is 0 Å². The van der Waals surface area contributed by atoms with E-state index in [-0.39, 0.29) is 10.6 Å². The van der Waals surface area contributed by atoms with Gasteiger partial charge in [-0.05, 0) is 23.2 Å². The van der Waals surface area contributed by atoms with Gasteiger partial charge in [0.15, 0.2) is 0 Å². The van der Waals surface area contributed by atoms with Crippen molar-refractivity contribution in [3.05, 3.63) is 57.6 Å². The fourth-order valence-corrected chi connectivity index (χ4v) is 3.36. The van der Waals surface area contributed by atoms with Gasteiger partial charge >= 0.3 is 7.12 Å². The van der Waals surface area contributed by atoms with Crippen LogP contribution in [0.4, 0.5) is 17.1 Å². The lowest BCUT2D eigenvalue weighted by atomic mass is 9.79. The minimum atomic E-state index is -1.48. The number of nitro groups is 1. The van der Waals surface area contributed by atoms with Crippen molar-refractivity contribution in [2.75, 3.05) is 16.5 Å². The summed E-state index contributed by atoms with van der Waals surface area (Å²) in [6.07, 6.45) is 0. The van der Waals surface area contributed by atoms with Crippen molar-refractivity contribution >= 4 is 29.6 Å². The van der Waals surface area contributed by atoms with Crippen molar-refractivity contribution in [3.63, 3.8) is 0 Å². The summed E-state index contributed by atoms with van der Waals surface area (Å²) in [7, 11) is -1.48. The third-order valence-corrected chi connectivity index (χ3v) is 4.42. The maximum Gasteiger partial charge on any atom is 0.488 e. The zero-order valence-electron chi connectivity index (χ0n) is 12.2. The fourth-order valence-electron chi connectivity index (χ4n) is 3.36. The molecule has 0 aliphatic carbocycles. The summed E-state index contributed by atoms with van der Waals surface area (Å²) in [5.41, 5.74) is 4.55. The highest BCUT2D eigenvalue weighted by Crippen LogP contribution is 2.38. The lowest BCUT2D eigenvalue weighted by Crippen LogP contribution is -2.46. The highest BCUT2D eigenvalue weighted by atomic mass is 16.6. The minimum Gasteiger partial charge on any atom is -0.423 e. The van der Waals surface area contributed by atoms with Gasteiger partial charge in [0.25, 0.3) is 5.69 Å². The maximum absolute atomic E-state index is 11.0. The van der Waals surface area contributed by atoms with E-state index < -0.39 is 7.12 Å². The Kier molecular flexibility index (Phi) is 3.04. The first kappa shape index (κ1) is 14.0. The van der Waals surface area contributed by atoms with Gasteiger partial charge in [-0.3, -0.25) is 10.1 Å². The van der Waals surface area contributed by atoms with Crippen LogP contribution in [-0.2, 0) is 13.1 Å². The molecule has 0 amide bonds. The predicted molar refractivity (Wildman–Crippen MR) is 86.6 cm³/mol. The molecule has 2 N–H and O–H groups in total. The molecular weight excluding hydrogens is 297 g/mol. The topological polar surface area (TPSA) is 90.1 Å². The molecule has 0 saturated carbocycles. The van der Waals surface area contributed by atoms with Gasteiger partial charge < -0.3 is 19.8 Å². The van der Waals surface area contributed by atoms with E-state index in [1.165, 1.54) is 6.07 Å². The Balaban J connectivity index is 1.75. The Morgan fingerprint density at radius 2 is 1.61 bits per heavy atom. The molecule has 0 radical (unpaired) electrons. The normalized spacial score (nSPS) is 15.0. The van der Waals surface area contributed by atoms with Gasteiger partial charge in [0, 0.05) is 42.2 Å². The molecular formula is C15H14BN3O4. The largest absolute Gasteiger partial charge is 0.488 e. The molecule has 2 aliphatic heterocycles. The second-order valence-corrected chi connectivity index (χ2v) is 5.87. The van der Waals surface area contributed by atoms with Crippen LogP contribution in [-0.4, -0.2) is 28.8 Å². The molecule has 0 fully saturated rings. The molecule has 2 aliphatic rings. The number of hydrogen-bond donors (Lipinski definition) is 2. The quantitative estimate of drug-likeness (QED) is 0.479. The Hall–Kier alpha value is -2.58. The van der Waals surface area contributed by atoms with Crippen LogP contribution in [0.3, 0.4) is 0 Å². The van der Waals surface area contributed by atoms with Gasteiger partial charge in [0.1, 0.15) is 0 Å². The number of nitro benzene ring substituents is 1. The third-order valence-electron chi connectivity index (χ3n) is 4.42. The predicted octanol–water partition coefficient (Wildman–Crippen LogP) is 0.572. The van der Waals surface area contributed by atoms with Gasteiger partial charge in [0.05, 0.1) is 11.6 Å². The highest BCUT2D eigenvalue weighted by molar-refractivity contribution is 6.58. The van der Waals surface area contributed by atoms with E-state index >= 15 is 0 Å². The molecule has 0 unspecified atom stereocenters. The molecule has 2 aromatic rings. The van der Waals surface area contributed by atoms with Gasteiger partial charge in [-0.15, -0.1) is 0 Å². The van der Waals surface area contributed by atoms with E-state index in [9.17, 15) is 20.2 Å². The number of non-ortho nitro benzene ring substituents is 1. The zero-order chi connectivity index (χ0) is 16.1. The molecule has 23 heavy (non-hydrogen) atoms. The molecule has 2 heterocycles. The van der Waals surface area contributed by atoms with Crippen LogP contribution in [0.2, 0.25) is 0 Å². The highest BCUT2D eigenvalue weighted by Gasteiger charge is 2.30. The van der Waals surface area contributed by atoms with Gasteiger partial charge in [-0.25, -0.2) is 0 Å². The van der Waals surface area contributed by atoms with E-state index in [0.717, 1.165) is 29.2 Å². The number of hydrogen-bond acceptors (Lipinski definition) is 6. The second kappa shape index (κ2) is 4.97. The fraction of sp³-hybridized carbons (Fsp3) is 0.200. The van der Waals surface area contributed by atoms with Crippen LogP contribution in [0.1, 0.15) is 11.1 Å². The SMILES string of the molecule is O=[N+]([O-])c1ccc2c(c1)CN1CN2Cc2cc(B(O)O)ccc21. The summed E-state index contributed by atoms with van der Waals surface area (Å²) in [5, 5.41) is 29.6. The van der Waals surface area contributed by atoms with Crippen molar-refractivity contribution in [2.24, 2.45) is 0 Å². The molecule has 0 aromatic heterocycles. The van der Waals surface area contributed by atoms with E-state index in [4.69, 9.17) is 0 Å². The van der Waals surface area contributed by atoms with E-state index in [1.54, 1.807) is 24.3 Å². The lowest BCUT2D eigenvalue weighted by Gasteiger charge is -2.44. The number of benzene rings is 2. The first-order chi connectivity index (χ1) is 11.0. The number of anilines is 2. The van der Waals surface area contributed by atoms with Crippen LogP contribution in [0.5, 0.6) is 0 Å². The van der Waals surface area contributed by atoms with Crippen LogP contribution >= 0.6 is 0 Å². The molecule has 2 bridgehead atoms. The van der Waals surface area contributed by atoms with Crippen molar-refractivity contribution < 1.29 is 15.0 Å². The number of nitrogens with zero attached hydrogens (tertiary/aromatic N) is 3. The van der Waals surface area contributed by atoms with Gasteiger partial charge in [-0.1, -0.05) is 12.1 Å². The lowest BCUT2D eigenvalue weighted by molar-refractivity contribution is -0.384. The first-order valence-electron chi connectivity index (χ1n) is 7.29. The van der Waals surface area contributed by atoms with Crippen LogP contribution < -0.4 is 15.3 Å². The molecule has 8 heteroatoms. The molecule has 2 aromatic carbocycles. The molecule has 116 valence electrons. The molecule has 0 saturated heterocycles. The third kappa shape index (κ3) is 2.23. The van der Waals surface area contributed by atoms with Gasteiger partial charge in [-0.2, -0.15) is 0 Å². The number of fused-ring (bicyclic) bond motifs is 6. The average molecular weight is 311 g/mol. The van der Waals surface area contributed by atoms with Crippen LogP contribution in [0.15, 0.2) is 36.4 Å². The van der Waals surface area contributed by atoms with E-state index in [0.29, 0.717) is 18.6 Å². The van der Waals surface area contributed by atoms with Crippen molar-refractivity contribution in [1.82, 2.24) is 0 Å². The summed E-state index contributed by atoms with van der Waals surface area (Å²) >= 11 is 0. The average Bonchev–Trinajstić information content (AvgIpc) is 2.53. The molecule has 0 spiro atoms. The zero-order valence-corrected chi connectivity index (χ0v) is 12.2. The monoisotopic (exact) mass is 311 g/mol. The molecule has 4 rings (SSSR count). The van der Waals surface area contributed by atoms with Crippen molar-refractivity contribution in [2.45, 2.75) is 13.1 Å².